The molecule has 0 aromatic heterocycles. The normalized spacial score (nSPS) is 19.6. The van der Waals surface area contributed by atoms with E-state index in [1.54, 1.807) is 0 Å². The lowest BCUT2D eigenvalue weighted by molar-refractivity contribution is -0.236. The molecule has 1 aliphatic heterocycles. The Balaban J connectivity index is 1.90. The van der Waals surface area contributed by atoms with Crippen molar-refractivity contribution in [3.8, 4) is 0 Å². The highest BCUT2D eigenvalue weighted by Gasteiger charge is 2.44. The summed E-state index contributed by atoms with van der Waals surface area (Å²) < 4.78 is 42.5. The van der Waals surface area contributed by atoms with E-state index < -0.39 is 18.8 Å². The number of halogens is 3. The molecule has 7 heteroatoms. The van der Waals surface area contributed by atoms with Crippen molar-refractivity contribution >= 4 is 17.7 Å². The molecule has 0 radical (unpaired) electrons. The van der Waals surface area contributed by atoms with E-state index in [1.807, 2.05) is 31.2 Å². The van der Waals surface area contributed by atoms with E-state index in [0.29, 0.717) is 0 Å². The van der Waals surface area contributed by atoms with E-state index in [9.17, 15) is 18.0 Å². The fourth-order valence-electron chi connectivity index (χ4n) is 2.02. The maximum atomic E-state index is 12.6. The summed E-state index contributed by atoms with van der Waals surface area (Å²) in [6, 6.07) is 7.59. The number of carbonyl (C=O) groups excluding carboxylic acids is 1. The van der Waals surface area contributed by atoms with Gasteiger partial charge in [-0.3, -0.25) is 4.79 Å². The predicted molar refractivity (Wildman–Crippen MR) is 74.3 cm³/mol. The fraction of sp³-hybridized carbons (Fsp3) is 0.500. The molecular weight excluding hydrogens is 303 g/mol. The second-order valence-electron chi connectivity index (χ2n) is 4.79. The monoisotopic (exact) mass is 319 g/mol. The number of morpholine rings is 1. The number of rotatable bonds is 3. The van der Waals surface area contributed by atoms with Gasteiger partial charge in [0.2, 0.25) is 5.91 Å². The summed E-state index contributed by atoms with van der Waals surface area (Å²) in [5.41, 5.74) is 1.05. The Morgan fingerprint density at radius 3 is 2.81 bits per heavy atom. The summed E-state index contributed by atoms with van der Waals surface area (Å²) in [6.45, 7) is 1.64. The first kappa shape index (κ1) is 16.2. The lowest BCUT2D eigenvalue weighted by Crippen LogP contribution is -2.51. The van der Waals surface area contributed by atoms with Crippen molar-refractivity contribution in [1.82, 2.24) is 4.90 Å². The van der Waals surface area contributed by atoms with Crippen molar-refractivity contribution in [1.29, 1.82) is 0 Å². The van der Waals surface area contributed by atoms with Gasteiger partial charge in [0.25, 0.3) is 0 Å². The summed E-state index contributed by atoms with van der Waals surface area (Å²) in [5.74, 6) is -0.157. The van der Waals surface area contributed by atoms with Crippen molar-refractivity contribution in [3.05, 3.63) is 29.8 Å². The van der Waals surface area contributed by atoms with Gasteiger partial charge in [-0.1, -0.05) is 18.2 Å². The Bertz CT molecular complexity index is 507. The summed E-state index contributed by atoms with van der Waals surface area (Å²) in [4.78, 5) is 14.2. The quantitative estimate of drug-likeness (QED) is 0.803. The molecule has 1 aromatic rings. The van der Waals surface area contributed by atoms with Gasteiger partial charge in [0, 0.05) is 11.4 Å². The van der Waals surface area contributed by atoms with Crippen molar-refractivity contribution in [2.45, 2.75) is 24.1 Å². The first-order valence-electron chi connectivity index (χ1n) is 6.52. The number of thioether (sulfide) groups is 1. The van der Waals surface area contributed by atoms with E-state index in [1.165, 1.54) is 16.7 Å². The van der Waals surface area contributed by atoms with E-state index in [-0.39, 0.29) is 24.8 Å². The van der Waals surface area contributed by atoms with Crippen LogP contribution < -0.4 is 0 Å². The lowest BCUT2D eigenvalue weighted by Gasteiger charge is -2.33. The highest BCUT2D eigenvalue weighted by Crippen LogP contribution is 2.27. The molecule has 0 saturated carbocycles. The minimum Gasteiger partial charge on any atom is -0.365 e. The zero-order chi connectivity index (χ0) is 15.5. The number of hydrogen-bond acceptors (Lipinski definition) is 3. The van der Waals surface area contributed by atoms with Gasteiger partial charge in [0.15, 0.2) is 6.10 Å². The molecule has 116 valence electrons. The van der Waals surface area contributed by atoms with Crippen LogP contribution in [0.15, 0.2) is 29.2 Å². The van der Waals surface area contributed by atoms with Gasteiger partial charge in [0.1, 0.15) is 0 Å². The van der Waals surface area contributed by atoms with Gasteiger partial charge >= 0.3 is 6.18 Å². The summed E-state index contributed by atoms with van der Waals surface area (Å²) in [7, 11) is 0. The minimum atomic E-state index is -4.43. The summed E-state index contributed by atoms with van der Waals surface area (Å²) >= 11 is 1.34. The van der Waals surface area contributed by atoms with Crippen LogP contribution in [0, 0.1) is 6.92 Å². The Kier molecular flexibility index (Phi) is 5.16. The highest BCUT2D eigenvalue weighted by molar-refractivity contribution is 8.00. The molecule has 1 heterocycles. The van der Waals surface area contributed by atoms with Gasteiger partial charge in [-0.15, -0.1) is 11.8 Å². The van der Waals surface area contributed by atoms with Crippen molar-refractivity contribution < 1.29 is 22.7 Å². The number of aryl methyl sites for hydroxylation is 1. The molecule has 1 aromatic carbocycles. The molecule has 21 heavy (non-hydrogen) atoms. The molecule has 3 nitrogen and oxygen atoms in total. The van der Waals surface area contributed by atoms with Crippen LogP contribution in [0.2, 0.25) is 0 Å². The second kappa shape index (κ2) is 6.70. The molecule has 1 atom stereocenters. The fourth-order valence-corrected chi connectivity index (χ4v) is 2.96. The van der Waals surface area contributed by atoms with E-state index in [2.05, 4.69) is 4.74 Å². The van der Waals surface area contributed by atoms with Gasteiger partial charge in [0.05, 0.1) is 18.9 Å². The Morgan fingerprint density at radius 1 is 1.43 bits per heavy atom. The number of benzene rings is 1. The van der Waals surface area contributed by atoms with E-state index in [4.69, 9.17) is 0 Å². The SMILES string of the molecule is Cc1ccccc1SCC(=O)N1CCOC(C(F)(F)F)C1. The third kappa shape index (κ3) is 4.38. The molecular formula is C14H16F3NO2S. The topological polar surface area (TPSA) is 29.5 Å². The van der Waals surface area contributed by atoms with Crippen LogP contribution in [0.3, 0.4) is 0 Å². The maximum absolute atomic E-state index is 12.6. The van der Waals surface area contributed by atoms with E-state index >= 15 is 0 Å². The number of nitrogens with zero attached hydrogens (tertiary/aromatic N) is 1. The molecule has 0 bridgehead atoms. The minimum absolute atomic E-state index is 0.0784. The summed E-state index contributed by atoms with van der Waals surface area (Å²) in [5, 5.41) is 0. The second-order valence-corrected chi connectivity index (χ2v) is 5.81. The predicted octanol–water partition coefficient (Wildman–Crippen LogP) is 2.88. The molecule has 2 rings (SSSR count). The number of alkyl halides is 3. The number of amides is 1. The zero-order valence-corrected chi connectivity index (χ0v) is 12.3. The van der Waals surface area contributed by atoms with Gasteiger partial charge in [-0.25, -0.2) is 0 Å². The van der Waals surface area contributed by atoms with E-state index in [0.717, 1.165) is 10.5 Å². The average Bonchev–Trinajstić information content (AvgIpc) is 2.45. The third-order valence-corrected chi connectivity index (χ3v) is 4.39. The number of carbonyl (C=O) groups is 1. The average molecular weight is 319 g/mol. The lowest BCUT2D eigenvalue weighted by atomic mass is 10.2. The maximum Gasteiger partial charge on any atom is 0.416 e. The molecule has 1 amide bonds. The van der Waals surface area contributed by atoms with Crippen LogP contribution in [0.5, 0.6) is 0 Å². The Labute approximate surface area is 125 Å². The Morgan fingerprint density at radius 2 is 2.14 bits per heavy atom. The van der Waals surface area contributed by atoms with Crippen LogP contribution >= 0.6 is 11.8 Å². The molecule has 1 unspecified atom stereocenters. The van der Waals surface area contributed by atoms with Gasteiger partial charge in [-0.05, 0) is 18.6 Å². The van der Waals surface area contributed by atoms with Crippen LogP contribution in [0.25, 0.3) is 0 Å². The number of hydrogen-bond donors (Lipinski definition) is 0. The smallest absolute Gasteiger partial charge is 0.365 e. The van der Waals surface area contributed by atoms with Crippen molar-refractivity contribution in [2.75, 3.05) is 25.4 Å². The molecule has 0 aliphatic carbocycles. The molecule has 1 fully saturated rings. The molecule has 1 aliphatic rings. The van der Waals surface area contributed by atoms with Crippen LogP contribution in [-0.4, -0.2) is 48.5 Å². The largest absolute Gasteiger partial charge is 0.416 e. The van der Waals surface area contributed by atoms with Gasteiger partial charge in [-0.2, -0.15) is 13.2 Å². The van der Waals surface area contributed by atoms with Gasteiger partial charge < -0.3 is 9.64 Å². The standard InChI is InChI=1S/C14H16F3NO2S/c1-10-4-2-3-5-11(10)21-9-13(19)18-6-7-20-12(8-18)14(15,16)17/h2-5,12H,6-9H2,1H3. The van der Waals surface area contributed by atoms with Crippen LogP contribution in [0.4, 0.5) is 13.2 Å². The third-order valence-electron chi connectivity index (χ3n) is 3.23. The molecule has 1 saturated heterocycles. The molecule has 0 N–H and O–H groups in total. The number of ether oxygens (including phenoxy) is 1. The molecule has 0 spiro atoms. The summed E-state index contributed by atoms with van der Waals surface area (Å²) in [6.07, 6.45) is -6.30. The first-order valence-corrected chi connectivity index (χ1v) is 7.51. The highest BCUT2D eigenvalue weighted by atomic mass is 32.2. The van der Waals surface area contributed by atoms with Crippen molar-refractivity contribution in [2.24, 2.45) is 0 Å². The Hall–Kier alpha value is -1.21. The first-order chi connectivity index (χ1) is 9.88. The van der Waals surface area contributed by atoms with Crippen LogP contribution in [-0.2, 0) is 9.53 Å². The van der Waals surface area contributed by atoms with Crippen molar-refractivity contribution in [3.63, 3.8) is 0 Å². The zero-order valence-electron chi connectivity index (χ0n) is 11.5. The van der Waals surface area contributed by atoms with Crippen LogP contribution in [0.1, 0.15) is 5.56 Å².